The quantitative estimate of drug-likeness (QED) is 0.146. The maximum absolute atomic E-state index is 12.0. The molecule has 172 valence electrons. The van der Waals surface area contributed by atoms with Gasteiger partial charge in [0.2, 0.25) is 0 Å². The van der Waals surface area contributed by atoms with E-state index < -0.39 is 0 Å². The van der Waals surface area contributed by atoms with Crippen LogP contribution in [0.4, 0.5) is 0 Å². The zero-order chi connectivity index (χ0) is 21.6. The van der Waals surface area contributed by atoms with Crippen LogP contribution in [0.5, 0.6) is 0 Å². The third kappa shape index (κ3) is 18.7. The fourth-order valence-electron chi connectivity index (χ4n) is 3.89. The molecule has 0 saturated carbocycles. The Labute approximate surface area is 180 Å². The Kier molecular flexibility index (Phi) is 20.9. The fraction of sp³-hybridized carbons (Fsp3) is 0.920. The molecule has 4 heteroatoms. The second-order valence-corrected chi connectivity index (χ2v) is 8.43. The van der Waals surface area contributed by atoms with Crippen LogP contribution in [-0.2, 0) is 19.1 Å². The highest BCUT2D eigenvalue weighted by Gasteiger charge is 2.18. The Morgan fingerprint density at radius 2 is 1.00 bits per heavy atom. The molecule has 4 nitrogen and oxygen atoms in total. The topological polar surface area (TPSA) is 52.6 Å². The summed E-state index contributed by atoms with van der Waals surface area (Å²) in [6, 6.07) is 0. The first kappa shape index (κ1) is 27.9. The number of hydrogen-bond acceptors (Lipinski definition) is 4. The SMILES string of the molecule is CCCCCCCCCCCCCCC(CCCCCCC(=O)OC)C(=O)OC. The van der Waals surface area contributed by atoms with Crippen LogP contribution in [0.2, 0.25) is 0 Å². The first-order valence-electron chi connectivity index (χ1n) is 12.3. The van der Waals surface area contributed by atoms with Crippen molar-refractivity contribution in [2.45, 2.75) is 129 Å². The summed E-state index contributed by atoms with van der Waals surface area (Å²) in [6.45, 7) is 2.27. The van der Waals surface area contributed by atoms with Gasteiger partial charge in [-0.2, -0.15) is 0 Å². The van der Waals surface area contributed by atoms with Gasteiger partial charge in [0, 0.05) is 6.42 Å². The summed E-state index contributed by atoms with van der Waals surface area (Å²) in [5.74, 6) is -0.143. The predicted molar refractivity (Wildman–Crippen MR) is 121 cm³/mol. The van der Waals surface area contributed by atoms with Gasteiger partial charge < -0.3 is 9.47 Å². The molecule has 0 bridgehead atoms. The highest BCUT2D eigenvalue weighted by molar-refractivity contribution is 5.72. The zero-order valence-corrected chi connectivity index (χ0v) is 19.6. The van der Waals surface area contributed by atoms with Crippen molar-refractivity contribution in [3.63, 3.8) is 0 Å². The molecule has 0 fully saturated rings. The number of ether oxygens (including phenoxy) is 2. The maximum Gasteiger partial charge on any atom is 0.308 e. The van der Waals surface area contributed by atoms with Gasteiger partial charge >= 0.3 is 11.9 Å². The van der Waals surface area contributed by atoms with E-state index in [1.807, 2.05) is 0 Å². The van der Waals surface area contributed by atoms with Crippen LogP contribution in [0.1, 0.15) is 129 Å². The summed E-state index contributed by atoms with van der Waals surface area (Å²) in [5, 5.41) is 0. The van der Waals surface area contributed by atoms with E-state index in [4.69, 9.17) is 4.74 Å². The molecule has 0 aliphatic carbocycles. The maximum atomic E-state index is 12.0. The van der Waals surface area contributed by atoms with Crippen molar-refractivity contribution in [2.75, 3.05) is 14.2 Å². The lowest BCUT2D eigenvalue weighted by Gasteiger charge is -2.14. The molecule has 0 aromatic carbocycles. The van der Waals surface area contributed by atoms with Crippen LogP contribution in [0.3, 0.4) is 0 Å². The lowest BCUT2D eigenvalue weighted by atomic mass is 9.94. The number of unbranched alkanes of at least 4 members (excludes halogenated alkanes) is 14. The molecule has 0 spiro atoms. The second-order valence-electron chi connectivity index (χ2n) is 8.43. The highest BCUT2D eigenvalue weighted by Crippen LogP contribution is 2.20. The predicted octanol–water partition coefficient (Wildman–Crippen LogP) is 7.38. The summed E-state index contributed by atoms with van der Waals surface area (Å²) in [5.41, 5.74) is 0. The van der Waals surface area contributed by atoms with E-state index >= 15 is 0 Å². The normalized spacial score (nSPS) is 12.0. The molecule has 0 aromatic heterocycles. The number of methoxy groups -OCH3 is 2. The van der Waals surface area contributed by atoms with Crippen LogP contribution >= 0.6 is 0 Å². The lowest BCUT2D eigenvalue weighted by molar-refractivity contribution is -0.146. The molecule has 0 radical (unpaired) electrons. The van der Waals surface area contributed by atoms with Crippen LogP contribution in [0.15, 0.2) is 0 Å². The van der Waals surface area contributed by atoms with E-state index in [1.54, 1.807) is 0 Å². The van der Waals surface area contributed by atoms with Gasteiger partial charge in [-0.25, -0.2) is 0 Å². The Morgan fingerprint density at radius 3 is 1.41 bits per heavy atom. The van der Waals surface area contributed by atoms with E-state index in [2.05, 4.69) is 11.7 Å². The monoisotopic (exact) mass is 412 g/mol. The molecule has 29 heavy (non-hydrogen) atoms. The Morgan fingerprint density at radius 1 is 0.586 bits per heavy atom. The fourth-order valence-corrected chi connectivity index (χ4v) is 3.89. The Bertz CT molecular complexity index is 381. The molecular weight excluding hydrogens is 364 g/mol. The second kappa shape index (κ2) is 21.6. The third-order valence-corrected chi connectivity index (χ3v) is 5.85. The van der Waals surface area contributed by atoms with Crippen LogP contribution < -0.4 is 0 Å². The van der Waals surface area contributed by atoms with E-state index in [0.29, 0.717) is 6.42 Å². The largest absolute Gasteiger partial charge is 0.469 e. The minimum Gasteiger partial charge on any atom is -0.469 e. The van der Waals surface area contributed by atoms with Crippen LogP contribution in [-0.4, -0.2) is 26.2 Å². The van der Waals surface area contributed by atoms with Crippen molar-refractivity contribution < 1.29 is 19.1 Å². The molecule has 1 unspecified atom stereocenters. The van der Waals surface area contributed by atoms with Crippen molar-refractivity contribution in [3.05, 3.63) is 0 Å². The highest BCUT2D eigenvalue weighted by atomic mass is 16.5. The van der Waals surface area contributed by atoms with E-state index in [9.17, 15) is 9.59 Å². The first-order valence-corrected chi connectivity index (χ1v) is 12.3. The van der Waals surface area contributed by atoms with Crippen molar-refractivity contribution in [1.82, 2.24) is 0 Å². The number of carbonyl (C=O) groups is 2. The molecule has 0 aliphatic heterocycles. The van der Waals surface area contributed by atoms with Crippen molar-refractivity contribution >= 4 is 11.9 Å². The molecule has 0 N–H and O–H groups in total. The summed E-state index contributed by atoms with van der Waals surface area (Å²) < 4.78 is 9.64. The van der Waals surface area contributed by atoms with Gasteiger partial charge in [-0.15, -0.1) is 0 Å². The smallest absolute Gasteiger partial charge is 0.308 e. The van der Waals surface area contributed by atoms with Gasteiger partial charge in [-0.1, -0.05) is 103 Å². The summed E-state index contributed by atoms with van der Waals surface area (Å²) >= 11 is 0. The summed E-state index contributed by atoms with van der Waals surface area (Å²) in [4.78, 5) is 23.1. The number of hydrogen-bond donors (Lipinski definition) is 0. The molecule has 1 atom stereocenters. The number of rotatable bonds is 21. The number of carbonyl (C=O) groups excluding carboxylic acids is 2. The van der Waals surface area contributed by atoms with E-state index in [0.717, 1.165) is 44.9 Å². The number of esters is 2. The molecule has 0 aliphatic rings. The van der Waals surface area contributed by atoms with Gasteiger partial charge in [0.25, 0.3) is 0 Å². The molecule has 0 saturated heterocycles. The Hall–Kier alpha value is -1.06. The molecule has 0 aromatic rings. The zero-order valence-electron chi connectivity index (χ0n) is 19.6. The standard InChI is InChI=1S/C25H48O4/c1-4-5-6-7-8-9-10-11-12-13-14-17-20-23(25(27)29-3)21-18-15-16-19-22-24(26)28-2/h23H,4-22H2,1-3H3. The van der Waals surface area contributed by atoms with Crippen molar-refractivity contribution in [2.24, 2.45) is 5.92 Å². The average Bonchev–Trinajstić information content (AvgIpc) is 2.74. The Balaban J connectivity index is 3.62. The summed E-state index contributed by atoms with van der Waals surface area (Å²) in [7, 11) is 2.92. The average molecular weight is 413 g/mol. The van der Waals surface area contributed by atoms with Crippen molar-refractivity contribution in [1.29, 1.82) is 0 Å². The van der Waals surface area contributed by atoms with E-state index in [-0.39, 0.29) is 17.9 Å². The van der Waals surface area contributed by atoms with Crippen LogP contribution in [0.25, 0.3) is 0 Å². The van der Waals surface area contributed by atoms with Gasteiger partial charge in [0.15, 0.2) is 0 Å². The van der Waals surface area contributed by atoms with Gasteiger partial charge in [-0.05, 0) is 19.3 Å². The van der Waals surface area contributed by atoms with Crippen molar-refractivity contribution in [3.8, 4) is 0 Å². The molecule has 0 amide bonds. The summed E-state index contributed by atoms with van der Waals surface area (Å²) in [6.07, 6.45) is 22.4. The lowest BCUT2D eigenvalue weighted by Crippen LogP contribution is -2.16. The molecule has 0 rings (SSSR count). The van der Waals surface area contributed by atoms with Crippen LogP contribution in [0, 0.1) is 5.92 Å². The van der Waals surface area contributed by atoms with Gasteiger partial charge in [0.1, 0.15) is 0 Å². The van der Waals surface area contributed by atoms with Gasteiger partial charge in [0.05, 0.1) is 20.1 Å². The van der Waals surface area contributed by atoms with E-state index in [1.165, 1.54) is 84.8 Å². The molecule has 0 heterocycles. The first-order chi connectivity index (χ1) is 14.2. The van der Waals surface area contributed by atoms with Gasteiger partial charge in [-0.3, -0.25) is 9.59 Å². The molecular formula is C25H48O4. The minimum atomic E-state index is -0.135. The third-order valence-electron chi connectivity index (χ3n) is 5.85. The minimum absolute atomic E-state index is 0.0451.